The number of anilines is 1. The molecule has 0 aliphatic carbocycles. The van der Waals surface area contributed by atoms with Gasteiger partial charge in [0, 0.05) is 27.4 Å². The van der Waals surface area contributed by atoms with Gasteiger partial charge in [0.25, 0.3) is 5.91 Å². The first kappa shape index (κ1) is 21.0. The minimum absolute atomic E-state index is 0.197. The molecule has 31 heavy (non-hydrogen) atoms. The van der Waals surface area contributed by atoms with Crippen molar-refractivity contribution in [2.24, 2.45) is 0 Å². The molecule has 4 aromatic rings. The minimum atomic E-state index is -0.318. The minimum Gasteiger partial charge on any atom is -0.484 e. The second-order valence-corrected chi connectivity index (χ2v) is 7.76. The van der Waals surface area contributed by atoms with Gasteiger partial charge in [-0.3, -0.25) is 9.59 Å². The fraction of sp³-hybridized carbons (Fsp3) is 0.0833. The van der Waals surface area contributed by atoms with Crippen molar-refractivity contribution in [3.63, 3.8) is 0 Å². The monoisotopic (exact) mass is 453 g/mol. The first-order valence-corrected chi connectivity index (χ1v) is 10.2. The zero-order valence-corrected chi connectivity index (χ0v) is 18.0. The van der Waals surface area contributed by atoms with Crippen molar-refractivity contribution in [1.29, 1.82) is 0 Å². The largest absolute Gasteiger partial charge is 0.484 e. The Morgan fingerprint density at radius 2 is 1.84 bits per heavy atom. The Balaban J connectivity index is 1.51. The summed E-state index contributed by atoms with van der Waals surface area (Å²) in [5.41, 5.74) is 2.65. The van der Waals surface area contributed by atoms with Gasteiger partial charge in [0.2, 0.25) is 5.43 Å². The zero-order chi connectivity index (χ0) is 22.0. The molecule has 0 atom stereocenters. The Hall–Kier alpha value is -3.28. The zero-order valence-electron chi connectivity index (χ0n) is 16.4. The summed E-state index contributed by atoms with van der Waals surface area (Å²) in [7, 11) is 0. The number of halogens is 2. The predicted molar refractivity (Wildman–Crippen MR) is 123 cm³/mol. The van der Waals surface area contributed by atoms with Gasteiger partial charge < -0.3 is 14.5 Å². The first-order chi connectivity index (χ1) is 14.9. The van der Waals surface area contributed by atoms with E-state index >= 15 is 0 Å². The molecule has 4 rings (SSSR count). The van der Waals surface area contributed by atoms with Gasteiger partial charge in [0.15, 0.2) is 6.61 Å². The van der Waals surface area contributed by atoms with Gasteiger partial charge in [-0.1, -0.05) is 41.4 Å². The van der Waals surface area contributed by atoms with Gasteiger partial charge in [-0.15, -0.1) is 0 Å². The highest BCUT2D eigenvalue weighted by Crippen LogP contribution is 2.28. The number of nitrogens with one attached hydrogen (secondary N) is 1. The highest BCUT2D eigenvalue weighted by Gasteiger charge is 2.13. The normalized spacial score (nSPS) is 10.8. The standard InChI is InChI=1S/C24H17Cl2NO4/c1-14-10-15(25)6-9-21(14)27-23(28)13-30-16-7-8-18-22(11-16)31-12-19(24(18)29)17-4-2-3-5-20(17)26/h2-12H,13H2,1H3,(H,27,28). The molecule has 156 valence electrons. The summed E-state index contributed by atoms with van der Waals surface area (Å²) in [4.78, 5) is 25.1. The number of carbonyl (C=O) groups is 1. The quantitative estimate of drug-likeness (QED) is 0.396. The van der Waals surface area contributed by atoms with Crippen LogP contribution in [-0.2, 0) is 4.79 Å². The second kappa shape index (κ2) is 8.84. The summed E-state index contributed by atoms with van der Waals surface area (Å²) in [6.07, 6.45) is 1.38. The Kier molecular flexibility index (Phi) is 5.98. The number of ether oxygens (including phenoxy) is 1. The molecule has 0 saturated carbocycles. The molecule has 0 saturated heterocycles. The van der Waals surface area contributed by atoms with Gasteiger partial charge in [-0.05, 0) is 48.9 Å². The second-order valence-electron chi connectivity index (χ2n) is 6.91. The van der Waals surface area contributed by atoms with Gasteiger partial charge >= 0.3 is 0 Å². The molecule has 0 radical (unpaired) electrons. The van der Waals surface area contributed by atoms with Gasteiger partial charge in [0.1, 0.15) is 17.6 Å². The fourth-order valence-electron chi connectivity index (χ4n) is 3.17. The summed E-state index contributed by atoms with van der Waals surface area (Å²) in [5.74, 6) is 0.0881. The van der Waals surface area contributed by atoms with E-state index in [-0.39, 0.29) is 17.9 Å². The van der Waals surface area contributed by atoms with Gasteiger partial charge in [0.05, 0.1) is 10.9 Å². The average molecular weight is 454 g/mol. The average Bonchev–Trinajstić information content (AvgIpc) is 2.75. The molecule has 0 bridgehead atoms. The third-order valence-corrected chi connectivity index (χ3v) is 5.31. The molecule has 1 amide bonds. The van der Waals surface area contributed by atoms with E-state index in [4.69, 9.17) is 32.4 Å². The van der Waals surface area contributed by atoms with Crippen molar-refractivity contribution < 1.29 is 13.9 Å². The summed E-state index contributed by atoms with van der Waals surface area (Å²) >= 11 is 12.1. The van der Waals surface area contributed by atoms with E-state index in [1.165, 1.54) is 6.26 Å². The number of amides is 1. The topological polar surface area (TPSA) is 68.5 Å². The molecule has 3 aromatic carbocycles. The SMILES string of the molecule is Cc1cc(Cl)ccc1NC(=O)COc1ccc2c(=O)c(-c3ccccc3Cl)coc2c1. The smallest absolute Gasteiger partial charge is 0.262 e. The maximum absolute atomic E-state index is 12.9. The molecule has 5 nitrogen and oxygen atoms in total. The lowest BCUT2D eigenvalue weighted by molar-refractivity contribution is -0.118. The van der Waals surface area contributed by atoms with Crippen LogP contribution in [0.15, 0.2) is 76.1 Å². The van der Waals surface area contributed by atoms with E-state index in [1.54, 1.807) is 60.7 Å². The lowest BCUT2D eigenvalue weighted by Gasteiger charge is -2.10. The number of rotatable bonds is 5. The highest BCUT2D eigenvalue weighted by molar-refractivity contribution is 6.33. The third-order valence-electron chi connectivity index (χ3n) is 4.74. The molecule has 7 heteroatoms. The number of carbonyl (C=O) groups excluding carboxylic acids is 1. The highest BCUT2D eigenvalue weighted by atomic mass is 35.5. The number of fused-ring (bicyclic) bond motifs is 1. The molecule has 1 N–H and O–H groups in total. The Morgan fingerprint density at radius 1 is 1.03 bits per heavy atom. The van der Waals surface area contributed by atoms with E-state index in [1.807, 2.05) is 6.92 Å². The predicted octanol–water partition coefficient (Wildman–Crippen LogP) is 6.09. The van der Waals surface area contributed by atoms with Crippen molar-refractivity contribution in [2.45, 2.75) is 6.92 Å². The van der Waals surface area contributed by atoms with Crippen molar-refractivity contribution in [2.75, 3.05) is 11.9 Å². The van der Waals surface area contributed by atoms with E-state index in [0.717, 1.165) is 5.56 Å². The van der Waals surface area contributed by atoms with Crippen molar-refractivity contribution in [3.05, 3.63) is 92.8 Å². The Morgan fingerprint density at radius 3 is 2.61 bits per heavy atom. The lowest BCUT2D eigenvalue weighted by atomic mass is 10.1. The van der Waals surface area contributed by atoms with Crippen LogP contribution < -0.4 is 15.5 Å². The van der Waals surface area contributed by atoms with Crippen LogP contribution in [0.4, 0.5) is 5.69 Å². The van der Waals surface area contributed by atoms with Crippen LogP contribution in [0.2, 0.25) is 10.0 Å². The van der Waals surface area contributed by atoms with E-state index in [0.29, 0.717) is 43.6 Å². The molecule has 0 spiro atoms. The van der Waals surface area contributed by atoms with Crippen LogP contribution in [0.25, 0.3) is 22.1 Å². The van der Waals surface area contributed by atoms with Gasteiger partial charge in [-0.2, -0.15) is 0 Å². The molecule has 1 aromatic heterocycles. The third kappa shape index (κ3) is 4.58. The number of benzene rings is 3. The van der Waals surface area contributed by atoms with Gasteiger partial charge in [-0.25, -0.2) is 0 Å². The number of hydrogen-bond acceptors (Lipinski definition) is 4. The first-order valence-electron chi connectivity index (χ1n) is 9.41. The summed E-state index contributed by atoms with van der Waals surface area (Å²) < 4.78 is 11.2. The van der Waals surface area contributed by atoms with Crippen LogP contribution in [0.1, 0.15) is 5.56 Å². The summed E-state index contributed by atoms with van der Waals surface area (Å²) in [5, 5.41) is 4.24. The van der Waals surface area contributed by atoms with Crippen LogP contribution in [0.3, 0.4) is 0 Å². The molecule has 0 aliphatic rings. The maximum atomic E-state index is 12.9. The molecule has 0 unspecified atom stereocenters. The Labute approximate surface area is 188 Å². The van der Waals surface area contributed by atoms with Crippen LogP contribution in [-0.4, -0.2) is 12.5 Å². The van der Waals surface area contributed by atoms with Crippen LogP contribution in [0.5, 0.6) is 5.75 Å². The van der Waals surface area contributed by atoms with Crippen molar-refractivity contribution >= 4 is 45.8 Å². The van der Waals surface area contributed by atoms with E-state index < -0.39 is 0 Å². The Bertz CT molecular complexity index is 1350. The molecular formula is C24H17Cl2NO4. The molecule has 0 aliphatic heterocycles. The van der Waals surface area contributed by atoms with E-state index in [9.17, 15) is 9.59 Å². The molecular weight excluding hydrogens is 437 g/mol. The molecule has 1 heterocycles. The maximum Gasteiger partial charge on any atom is 0.262 e. The summed E-state index contributed by atoms with van der Waals surface area (Å²) in [6.45, 7) is 1.65. The van der Waals surface area contributed by atoms with Crippen LogP contribution in [0, 0.1) is 6.92 Å². The lowest BCUT2D eigenvalue weighted by Crippen LogP contribution is -2.20. The summed E-state index contributed by atoms with van der Waals surface area (Å²) in [6, 6.07) is 17.1. The van der Waals surface area contributed by atoms with Crippen LogP contribution >= 0.6 is 23.2 Å². The van der Waals surface area contributed by atoms with Crippen molar-refractivity contribution in [3.8, 4) is 16.9 Å². The number of hydrogen-bond donors (Lipinski definition) is 1. The molecule has 0 fully saturated rings. The van der Waals surface area contributed by atoms with E-state index in [2.05, 4.69) is 5.32 Å². The van der Waals surface area contributed by atoms with Crippen molar-refractivity contribution in [1.82, 2.24) is 0 Å². The fourth-order valence-corrected chi connectivity index (χ4v) is 3.63. The number of aryl methyl sites for hydroxylation is 1.